The summed E-state index contributed by atoms with van der Waals surface area (Å²) >= 11 is 0. The third-order valence-corrected chi connectivity index (χ3v) is 12.2. The summed E-state index contributed by atoms with van der Waals surface area (Å²) in [6, 6.07) is 9.29. The lowest BCUT2D eigenvalue weighted by atomic mass is 9.86. The maximum atomic E-state index is 13.3. The molecule has 0 spiro atoms. The second-order valence-corrected chi connectivity index (χ2v) is 14.7. The van der Waals surface area contributed by atoms with Crippen LogP contribution in [0.2, 0.25) is 0 Å². The molecule has 2 fully saturated rings. The van der Waals surface area contributed by atoms with E-state index in [4.69, 9.17) is 4.74 Å². The molecule has 1 saturated carbocycles. The average molecular weight is 562 g/mol. The van der Waals surface area contributed by atoms with Gasteiger partial charge >= 0.3 is 0 Å². The van der Waals surface area contributed by atoms with Gasteiger partial charge in [-0.15, -0.1) is 0 Å². The van der Waals surface area contributed by atoms with Gasteiger partial charge in [0.25, 0.3) is 0 Å². The minimum atomic E-state index is -3.54. The highest BCUT2D eigenvalue weighted by Crippen LogP contribution is 2.33. The number of aromatic amines is 1. The average Bonchev–Trinajstić information content (AvgIpc) is 3.60. The highest BCUT2D eigenvalue weighted by molar-refractivity contribution is 7.91. The number of anilines is 1. The Labute approximate surface area is 224 Å². The van der Waals surface area contributed by atoms with E-state index in [0.29, 0.717) is 17.7 Å². The Bertz CT molecular complexity index is 1480. The summed E-state index contributed by atoms with van der Waals surface area (Å²) in [5.74, 6) is 1.38. The van der Waals surface area contributed by atoms with Crippen molar-refractivity contribution in [3.8, 4) is 5.75 Å². The predicted molar refractivity (Wildman–Crippen MR) is 147 cm³/mol. The number of hydrogen-bond acceptors (Lipinski definition) is 8. The first-order valence-electron chi connectivity index (χ1n) is 13.0. The molecule has 1 atom stereocenters. The van der Waals surface area contributed by atoms with E-state index in [1.165, 1.54) is 11.4 Å². The van der Waals surface area contributed by atoms with Gasteiger partial charge in [0.1, 0.15) is 23.5 Å². The molecule has 1 aliphatic carbocycles. The fourth-order valence-electron chi connectivity index (χ4n) is 5.82. The molecule has 3 aromatic rings. The molecular formula is C26H35N5O5S2. The second kappa shape index (κ2) is 10.8. The SMILES string of the molecule is COc1ccccc1CS(=O)(=O)C1CCN(S(=O)(=O)CC2CCC(N(C)c3ncnc4[nH]ccc34)CC2)C1. The molecule has 206 valence electrons. The summed E-state index contributed by atoms with van der Waals surface area (Å²) in [6.45, 7) is 0.273. The third kappa shape index (κ3) is 5.52. The number of methoxy groups -OCH3 is 1. The first kappa shape index (κ1) is 26.9. The van der Waals surface area contributed by atoms with Crippen LogP contribution in [0.4, 0.5) is 5.82 Å². The molecule has 2 aromatic heterocycles. The lowest BCUT2D eigenvalue weighted by Crippen LogP contribution is -2.39. The van der Waals surface area contributed by atoms with Gasteiger partial charge in [0.2, 0.25) is 10.0 Å². The summed E-state index contributed by atoms with van der Waals surface area (Å²) in [4.78, 5) is 14.0. The summed E-state index contributed by atoms with van der Waals surface area (Å²) < 4.78 is 59.5. The maximum Gasteiger partial charge on any atom is 0.214 e. The second-order valence-electron chi connectivity index (χ2n) is 10.4. The van der Waals surface area contributed by atoms with Gasteiger partial charge in [0, 0.05) is 37.9 Å². The molecule has 1 aromatic carbocycles. The molecule has 2 aliphatic rings. The molecule has 5 rings (SSSR count). The van der Waals surface area contributed by atoms with Crippen LogP contribution in [0.15, 0.2) is 42.9 Å². The molecular weight excluding hydrogens is 526 g/mol. The van der Waals surface area contributed by atoms with E-state index < -0.39 is 25.1 Å². The van der Waals surface area contributed by atoms with E-state index >= 15 is 0 Å². The Balaban J connectivity index is 1.16. The zero-order valence-corrected chi connectivity index (χ0v) is 23.4. The number of benzene rings is 1. The normalized spacial score (nSPS) is 23.1. The van der Waals surface area contributed by atoms with Crippen LogP contribution in [0, 0.1) is 5.92 Å². The van der Waals surface area contributed by atoms with Gasteiger partial charge in [-0.1, -0.05) is 18.2 Å². The third-order valence-electron chi connectivity index (χ3n) is 8.04. The Morgan fingerprint density at radius 2 is 1.82 bits per heavy atom. The molecule has 1 N–H and O–H groups in total. The molecule has 0 radical (unpaired) electrons. The van der Waals surface area contributed by atoms with Gasteiger partial charge in [-0.2, -0.15) is 0 Å². The van der Waals surface area contributed by atoms with Crippen LogP contribution in [0.1, 0.15) is 37.7 Å². The Kier molecular flexibility index (Phi) is 7.65. The van der Waals surface area contributed by atoms with Crippen molar-refractivity contribution in [1.29, 1.82) is 0 Å². The number of ether oxygens (including phenoxy) is 1. The predicted octanol–water partition coefficient (Wildman–Crippen LogP) is 2.98. The first-order valence-corrected chi connectivity index (χ1v) is 16.3. The molecule has 1 aliphatic heterocycles. The molecule has 12 heteroatoms. The van der Waals surface area contributed by atoms with Crippen LogP contribution < -0.4 is 9.64 Å². The quantitative estimate of drug-likeness (QED) is 0.423. The molecule has 1 unspecified atom stereocenters. The van der Waals surface area contributed by atoms with E-state index in [1.807, 2.05) is 19.3 Å². The maximum absolute atomic E-state index is 13.3. The summed E-state index contributed by atoms with van der Waals surface area (Å²) in [7, 11) is -3.53. The Morgan fingerprint density at radius 1 is 1.05 bits per heavy atom. The highest BCUT2D eigenvalue weighted by Gasteiger charge is 2.39. The van der Waals surface area contributed by atoms with Crippen molar-refractivity contribution < 1.29 is 21.6 Å². The summed E-state index contributed by atoms with van der Waals surface area (Å²) in [5.41, 5.74) is 1.40. The van der Waals surface area contributed by atoms with Crippen LogP contribution in [0.3, 0.4) is 0 Å². The zero-order valence-electron chi connectivity index (χ0n) is 21.8. The largest absolute Gasteiger partial charge is 0.496 e. The van der Waals surface area contributed by atoms with Crippen LogP contribution in [0.5, 0.6) is 5.75 Å². The number of fused-ring (bicyclic) bond motifs is 1. The van der Waals surface area contributed by atoms with Crippen molar-refractivity contribution in [1.82, 2.24) is 19.3 Å². The highest BCUT2D eigenvalue weighted by atomic mass is 32.2. The molecule has 0 amide bonds. The number of nitrogens with one attached hydrogen (secondary N) is 1. The van der Waals surface area contributed by atoms with Crippen molar-refractivity contribution in [2.75, 3.05) is 37.9 Å². The van der Waals surface area contributed by atoms with E-state index in [-0.39, 0.29) is 36.6 Å². The number of rotatable bonds is 9. The Hall–Kier alpha value is -2.70. The first-order chi connectivity index (χ1) is 18.2. The molecule has 38 heavy (non-hydrogen) atoms. The topological polar surface area (TPSA) is 126 Å². The van der Waals surface area contributed by atoms with Crippen molar-refractivity contribution in [2.45, 2.75) is 49.1 Å². The fourth-order valence-corrected chi connectivity index (χ4v) is 9.62. The standard InChI is InChI=1S/C26H35N5O5S2/c1-30(26-23-11-13-27-25(23)28-18-29-26)21-9-7-19(8-10-21)16-38(34,35)31-14-12-22(15-31)37(32,33)17-20-5-3-4-6-24(20)36-2/h3-6,11,13,18-19,21-22H,7-10,12,14-17H2,1-2H3,(H,27,28,29). The van der Waals surface area contributed by atoms with Gasteiger partial charge in [-0.25, -0.2) is 31.1 Å². The smallest absolute Gasteiger partial charge is 0.214 e. The van der Waals surface area contributed by atoms with Crippen molar-refractivity contribution in [2.24, 2.45) is 5.92 Å². The zero-order chi connectivity index (χ0) is 26.9. The van der Waals surface area contributed by atoms with Gasteiger partial charge < -0.3 is 14.6 Å². The molecule has 3 heterocycles. The molecule has 0 bridgehead atoms. The van der Waals surface area contributed by atoms with Crippen LogP contribution in [-0.4, -0.2) is 80.4 Å². The summed E-state index contributed by atoms with van der Waals surface area (Å²) in [6.07, 6.45) is 7.09. The number of H-pyrrole nitrogens is 1. The monoisotopic (exact) mass is 561 g/mol. The van der Waals surface area contributed by atoms with Gasteiger partial charge in [0.05, 0.1) is 29.3 Å². The van der Waals surface area contributed by atoms with E-state index in [0.717, 1.165) is 42.5 Å². The van der Waals surface area contributed by atoms with Crippen LogP contribution >= 0.6 is 0 Å². The number of sulfonamides is 1. The number of sulfone groups is 1. The van der Waals surface area contributed by atoms with Crippen molar-refractivity contribution >= 4 is 36.7 Å². The lowest BCUT2D eigenvalue weighted by Gasteiger charge is -2.35. The molecule has 10 nitrogen and oxygen atoms in total. The number of aromatic nitrogens is 3. The van der Waals surface area contributed by atoms with E-state index in [9.17, 15) is 16.8 Å². The van der Waals surface area contributed by atoms with E-state index in [1.54, 1.807) is 30.6 Å². The van der Waals surface area contributed by atoms with Crippen molar-refractivity contribution in [3.63, 3.8) is 0 Å². The van der Waals surface area contributed by atoms with Gasteiger partial charge in [0.15, 0.2) is 9.84 Å². The summed E-state index contributed by atoms with van der Waals surface area (Å²) in [5, 5.41) is 0.272. The minimum absolute atomic E-state index is 0.0261. The van der Waals surface area contributed by atoms with Crippen LogP contribution in [0.25, 0.3) is 11.0 Å². The van der Waals surface area contributed by atoms with Crippen molar-refractivity contribution in [3.05, 3.63) is 48.4 Å². The Morgan fingerprint density at radius 3 is 2.58 bits per heavy atom. The fraction of sp³-hybridized carbons (Fsp3) is 0.538. The van der Waals surface area contributed by atoms with E-state index in [2.05, 4.69) is 19.9 Å². The number of hydrogen-bond donors (Lipinski definition) is 1. The minimum Gasteiger partial charge on any atom is -0.496 e. The lowest BCUT2D eigenvalue weighted by molar-refractivity contribution is 0.336. The number of nitrogens with zero attached hydrogens (tertiary/aromatic N) is 4. The van der Waals surface area contributed by atoms with Crippen LogP contribution in [-0.2, 0) is 25.6 Å². The van der Waals surface area contributed by atoms with Gasteiger partial charge in [-0.05, 0) is 50.2 Å². The molecule has 1 saturated heterocycles. The van der Waals surface area contributed by atoms with Gasteiger partial charge in [-0.3, -0.25) is 0 Å². The number of para-hydroxylation sites is 1.